The second kappa shape index (κ2) is 6.80. The topological polar surface area (TPSA) is 72.3 Å². The molecule has 88 valence electrons. The van der Waals surface area contributed by atoms with Crippen molar-refractivity contribution >= 4 is 5.91 Å². The lowest BCUT2D eigenvalue weighted by atomic mass is 9.94. The number of nitrogens with zero attached hydrogens (tertiary/aromatic N) is 1. The number of hydrogen-bond acceptors (Lipinski definition) is 3. The van der Waals surface area contributed by atoms with E-state index < -0.39 is 0 Å². The molecule has 0 aromatic carbocycles. The lowest BCUT2D eigenvalue weighted by Crippen LogP contribution is -2.41. The number of nitrogens with two attached hydrogens (primary N) is 2. The van der Waals surface area contributed by atoms with Crippen LogP contribution in [0.2, 0.25) is 0 Å². The Hall–Kier alpha value is -0.610. The van der Waals surface area contributed by atoms with Crippen LogP contribution in [0.5, 0.6) is 0 Å². The Morgan fingerprint density at radius 1 is 1.20 bits per heavy atom. The zero-order valence-corrected chi connectivity index (χ0v) is 9.45. The highest BCUT2D eigenvalue weighted by molar-refractivity contribution is 5.73. The fourth-order valence-corrected chi connectivity index (χ4v) is 2.34. The van der Waals surface area contributed by atoms with Gasteiger partial charge in [-0.3, -0.25) is 9.69 Å². The zero-order valence-electron chi connectivity index (χ0n) is 9.45. The first-order valence-corrected chi connectivity index (χ1v) is 5.96. The van der Waals surface area contributed by atoms with Crippen molar-refractivity contribution in [3.63, 3.8) is 0 Å². The summed E-state index contributed by atoms with van der Waals surface area (Å²) in [6.45, 7) is 2.32. The van der Waals surface area contributed by atoms with Gasteiger partial charge in [-0.15, -0.1) is 0 Å². The molecular formula is C11H23N3O. The summed E-state index contributed by atoms with van der Waals surface area (Å²) in [4.78, 5) is 13.1. The summed E-state index contributed by atoms with van der Waals surface area (Å²) in [7, 11) is 0. The number of rotatable bonds is 6. The summed E-state index contributed by atoms with van der Waals surface area (Å²) in [5.74, 6) is -0.215. The zero-order chi connectivity index (χ0) is 11.1. The van der Waals surface area contributed by atoms with Crippen LogP contribution in [0, 0.1) is 0 Å². The monoisotopic (exact) mass is 213 g/mol. The number of carbonyl (C=O) groups excluding carboxylic acids is 1. The van der Waals surface area contributed by atoms with Gasteiger partial charge in [-0.2, -0.15) is 0 Å². The molecule has 0 unspecified atom stereocenters. The van der Waals surface area contributed by atoms with Crippen molar-refractivity contribution in [3.05, 3.63) is 0 Å². The first-order chi connectivity index (χ1) is 7.24. The summed E-state index contributed by atoms with van der Waals surface area (Å²) in [5.41, 5.74) is 10.8. The van der Waals surface area contributed by atoms with E-state index in [0.717, 1.165) is 13.1 Å². The van der Waals surface area contributed by atoms with Crippen LogP contribution in [0.1, 0.15) is 38.5 Å². The average Bonchev–Trinajstić information content (AvgIpc) is 2.25. The van der Waals surface area contributed by atoms with Gasteiger partial charge < -0.3 is 11.5 Å². The van der Waals surface area contributed by atoms with E-state index in [1.54, 1.807) is 0 Å². The summed E-state index contributed by atoms with van der Waals surface area (Å²) >= 11 is 0. The molecule has 0 aromatic heterocycles. The van der Waals surface area contributed by atoms with E-state index >= 15 is 0 Å². The van der Waals surface area contributed by atoms with Crippen molar-refractivity contribution in [3.8, 4) is 0 Å². The van der Waals surface area contributed by atoms with Gasteiger partial charge in [0, 0.05) is 32.1 Å². The van der Waals surface area contributed by atoms with E-state index in [4.69, 9.17) is 11.5 Å². The second-order valence-corrected chi connectivity index (χ2v) is 4.33. The summed E-state index contributed by atoms with van der Waals surface area (Å²) in [6, 6.07) is 0.627. The van der Waals surface area contributed by atoms with Crippen molar-refractivity contribution in [2.75, 3.05) is 19.6 Å². The number of amides is 1. The van der Waals surface area contributed by atoms with Crippen LogP contribution in [0.3, 0.4) is 0 Å². The highest BCUT2D eigenvalue weighted by atomic mass is 16.1. The summed E-state index contributed by atoms with van der Waals surface area (Å²) < 4.78 is 0. The highest BCUT2D eigenvalue weighted by Gasteiger charge is 2.20. The minimum absolute atomic E-state index is 0.215. The molecule has 0 aromatic rings. The maximum absolute atomic E-state index is 10.8. The molecule has 0 spiro atoms. The SMILES string of the molecule is NCCN(CCC(N)=O)C1CCCCC1. The minimum Gasteiger partial charge on any atom is -0.370 e. The van der Waals surface area contributed by atoms with Crippen LogP contribution in [0.25, 0.3) is 0 Å². The molecule has 1 fully saturated rings. The van der Waals surface area contributed by atoms with Crippen molar-refractivity contribution in [1.29, 1.82) is 0 Å². The van der Waals surface area contributed by atoms with E-state index in [1.807, 2.05) is 0 Å². The molecule has 0 bridgehead atoms. The maximum Gasteiger partial charge on any atom is 0.218 e. The lowest BCUT2D eigenvalue weighted by Gasteiger charge is -2.33. The molecule has 15 heavy (non-hydrogen) atoms. The molecule has 0 heterocycles. The molecule has 4 nitrogen and oxygen atoms in total. The van der Waals surface area contributed by atoms with E-state index in [0.29, 0.717) is 19.0 Å². The summed E-state index contributed by atoms with van der Waals surface area (Å²) in [5, 5.41) is 0. The summed E-state index contributed by atoms with van der Waals surface area (Å²) in [6.07, 6.45) is 6.92. The smallest absolute Gasteiger partial charge is 0.218 e. The van der Waals surface area contributed by atoms with Gasteiger partial charge in [-0.1, -0.05) is 19.3 Å². The molecule has 0 radical (unpaired) electrons. The fraction of sp³-hybridized carbons (Fsp3) is 0.909. The maximum atomic E-state index is 10.8. The molecule has 4 N–H and O–H groups in total. The molecular weight excluding hydrogens is 190 g/mol. The molecule has 0 saturated heterocycles. The Bertz CT molecular complexity index is 190. The van der Waals surface area contributed by atoms with Gasteiger partial charge in [0.05, 0.1) is 0 Å². The molecule has 1 saturated carbocycles. The first kappa shape index (κ1) is 12.5. The van der Waals surface area contributed by atoms with E-state index in [1.165, 1.54) is 32.1 Å². The highest BCUT2D eigenvalue weighted by Crippen LogP contribution is 2.22. The van der Waals surface area contributed by atoms with Crippen molar-refractivity contribution in [2.45, 2.75) is 44.6 Å². The normalized spacial score (nSPS) is 18.3. The minimum atomic E-state index is -0.215. The predicted octanol–water partition coefficient (Wildman–Crippen LogP) is 0.455. The van der Waals surface area contributed by atoms with Crippen LogP contribution in [0.15, 0.2) is 0 Å². The number of hydrogen-bond donors (Lipinski definition) is 2. The van der Waals surface area contributed by atoms with E-state index in [-0.39, 0.29) is 5.91 Å². The van der Waals surface area contributed by atoms with Gasteiger partial charge in [0.2, 0.25) is 5.91 Å². The van der Waals surface area contributed by atoms with Crippen LogP contribution in [-0.4, -0.2) is 36.5 Å². The largest absolute Gasteiger partial charge is 0.370 e. The van der Waals surface area contributed by atoms with Crippen molar-refractivity contribution in [1.82, 2.24) is 4.90 Å². The van der Waals surface area contributed by atoms with Gasteiger partial charge in [-0.05, 0) is 12.8 Å². The molecule has 4 heteroatoms. The Balaban J connectivity index is 2.36. The third-order valence-corrected chi connectivity index (χ3v) is 3.15. The van der Waals surface area contributed by atoms with Crippen LogP contribution < -0.4 is 11.5 Å². The third kappa shape index (κ3) is 4.62. The van der Waals surface area contributed by atoms with E-state index in [2.05, 4.69) is 4.90 Å². The Morgan fingerprint density at radius 2 is 1.87 bits per heavy atom. The van der Waals surface area contributed by atoms with Gasteiger partial charge in [0.1, 0.15) is 0 Å². The van der Waals surface area contributed by atoms with Gasteiger partial charge in [-0.25, -0.2) is 0 Å². The van der Waals surface area contributed by atoms with Crippen LogP contribution in [0.4, 0.5) is 0 Å². The number of primary amides is 1. The lowest BCUT2D eigenvalue weighted by molar-refractivity contribution is -0.118. The number of carbonyl (C=O) groups is 1. The Morgan fingerprint density at radius 3 is 2.40 bits per heavy atom. The van der Waals surface area contributed by atoms with Crippen LogP contribution in [-0.2, 0) is 4.79 Å². The van der Waals surface area contributed by atoms with Gasteiger partial charge in [0.25, 0.3) is 0 Å². The van der Waals surface area contributed by atoms with Gasteiger partial charge >= 0.3 is 0 Å². The van der Waals surface area contributed by atoms with Gasteiger partial charge in [0.15, 0.2) is 0 Å². The molecule has 0 aliphatic heterocycles. The Labute approximate surface area is 92.0 Å². The molecule has 1 amide bonds. The molecule has 1 aliphatic rings. The van der Waals surface area contributed by atoms with Crippen LogP contribution >= 0.6 is 0 Å². The second-order valence-electron chi connectivity index (χ2n) is 4.33. The Kier molecular flexibility index (Phi) is 5.65. The van der Waals surface area contributed by atoms with Crippen molar-refractivity contribution in [2.24, 2.45) is 11.5 Å². The van der Waals surface area contributed by atoms with Crippen molar-refractivity contribution < 1.29 is 4.79 Å². The first-order valence-electron chi connectivity index (χ1n) is 5.96. The molecule has 0 atom stereocenters. The van der Waals surface area contributed by atoms with E-state index in [9.17, 15) is 4.79 Å². The standard InChI is InChI=1S/C11H23N3O/c12-7-9-14(8-6-11(13)15)10-4-2-1-3-5-10/h10H,1-9,12H2,(H2,13,15). The average molecular weight is 213 g/mol. The predicted molar refractivity (Wildman–Crippen MR) is 61.3 cm³/mol. The molecule has 1 aliphatic carbocycles. The fourth-order valence-electron chi connectivity index (χ4n) is 2.34. The molecule has 1 rings (SSSR count). The third-order valence-electron chi connectivity index (χ3n) is 3.15. The quantitative estimate of drug-likeness (QED) is 0.673.